The average Bonchev–Trinajstić information content (AvgIpc) is 3.80. The average molecular weight is 845 g/mol. The molecule has 5 aliphatic rings. The lowest BCUT2D eigenvalue weighted by molar-refractivity contribution is -0.146. The van der Waals surface area contributed by atoms with Crippen LogP contribution in [0.5, 0.6) is 5.88 Å². The highest BCUT2D eigenvalue weighted by atomic mass is 19.4. The Labute approximate surface area is 348 Å². The number of hydrogen-bond acceptors (Lipinski definition) is 13. The van der Waals surface area contributed by atoms with Gasteiger partial charge in [-0.25, -0.2) is 4.98 Å². The summed E-state index contributed by atoms with van der Waals surface area (Å²) < 4.78 is 46.3. The number of ether oxygens (including phenoxy) is 1. The minimum Gasteiger partial charge on any atom is -0.473 e. The molecule has 3 saturated heterocycles. The number of nitrogens with one attached hydrogen (secondary N) is 2. The van der Waals surface area contributed by atoms with Gasteiger partial charge in [0.1, 0.15) is 11.9 Å². The highest BCUT2D eigenvalue weighted by molar-refractivity contribution is 6.08. The number of alkyl halides is 3. The number of ketones is 1. The number of aliphatic hydroxyl groups is 1. The summed E-state index contributed by atoms with van der Waals surface area (Å²) in [5.74, 6) is -2.75. The third-order valence-electron chi connectivity index (χ3n) is 13.0. The molecule has 3 aromatic heterocycles. The number of aromatic nitrogens is 5. The largest absolute Gasteiger partial charge is 0.473 e. The molecule has 61 heavy (non-hydrogen) atoms. The molecule has 9 rings (SSSR count). The van der Waals surface area contributed by atoms with Crippen molar-refractivity contribution in [2.45, 2.75) is 75.8 Å². The van der Waals surface area contributed by atoms with E-state index in [4.69, 9.17) is 4.74 Å². The van der Waals surface area contributed by atoms with Crippen LogP contribution < -0.4 is 25.2 Å². The van der Waals surface area contributed by atoms with Crippen LogP contribution in [0.15, 0.2) is 48.7 Å². The van der Waals surface area contributed by atoms with Gasteiger partial charge in [0.2, 0.25) is 17.7 Å². The van der Waals surface area contributed by atoms with Crippen LogP contribution in [-0.2, 0) is 15.8 Å². The molecule has 0 spiro atoms. The van der Waals surface area contributed by atoms with Gasteiger partial charge >= 0.3 is 6.18 Å². The monoisotopic (exact) mass is 844 g/mol. The first-order valence-electron chi connectivity index (χ1n) is 21.0. The maximum absolute atomic E-state index is 13.5. The molecule has 322 valence electrons. The third-order valence-corrected chi connectivity index (χ3v) is 13.0. The number of amides is 3. The molecule has 3 N–H and O–H groups in total. The van der Waals surface area contributed by atoms with Gasteiger partial charge in [0.25, 0.3) is 11.7 Å². The first-order valence-corrected chi connectivity index (χ1v) is 21.0. The molecule has 16 nitrogen and oxygen atoms in total. The summed E-state index contributed by atoms with van der Waals surface area (Å²) in [4.78, 5) is 62.5. The Balaban J connectivity index is 0.706. The quantitative estimate of drug-likeness (QED) is 0.208. The van der Waals surface area contributed by atoms with Crippen molar-refractivity contribution in [3.8, 4) is 5.88 Å². The number of fused-ring (bicyclic) bond motifs is 2. The number of piperidine rings is 2. The number of benzene rings is 1. The maximum Gasteiger partial charge on any atom is 0.453 e. The molecule has 0 bridgehead atoms. The molecule has 3 unspecified atom stereocenters. The van der Waals surface area contributed by atoms with Crippen LogP contribution in [0.2, 0.25) is 0 Å². The molecule has 4 fully saturated rings. The number of anilines is 2. The van der Waals surface area contributed by atoms with Crippen LogP contribution in [0.1, 0.15) is 89.6 Å². The Bertz CT molecular complexity index is 2300. The molecule has 2 aliphatic carbocycles. The van der Waals surface area contributed by atoms with E-state index in [1.807, 2.05) is 18.2 Å². The summed E-state index contributed by atoms with van der Waals surface area (Å²) in [6, 6.07) is 12.0. The van der Waals surface area contributed by atoms with Gasteiger partial charge in [-0.15, -0.1) is 15.3 Å². The Morgan fingerprint density at radius 2 is 1.66 bits per heavy atom. The molecule has 1 aromatic carbocycles. The summed E-state index contributed by atoms with van der Waals surface area (Å²) in [5.41, 5.74) is 2.35. The van der Waals surface area contributed by atoms with Crippen molar-refractivity contribution in [1.82, 2.24) is 40.3 Å². The Morgan fingerprint density at radius 3 is 2.36 bits per heavy atom. The van der Waals surface area contributed by atoms with Gasteiger partial charge in [-0.1, -0.05) is 12.1 Å². The first-order chi connectivity index (χ1) is 29.4. The standard InChI is InChI=1S/C42H47F3N10O6/c43-42(44,45)41-50-49-32-11-13-34(51-55(32)41)61-27-7-5-26(6-8-27)47-39(59)25-4-10-31(46-22-25)54-20-18-52(19-21-54)23-24-14-16-53(17-15-24)30-3-1-2-28-35(30)38(58)36(37(28)57)29-9-12-33(56)48-40(29)60/h1-4,10-11,13,22,24,26-27,29,36,38,58H,5-9,12,14-21,23H2,(H,47,59)(H,48,56,60)/t26-,27-,29?,36?,38?. The topological polar surface area (TPSA) is 187 Å². The number of Topliss-reactive ketones (excluding diaryl/α,β-unsaturated/α-hetero) is 1. The van der Waals surface area contributed by atoms with Crippen molar-refractivity contribution >= 4 is 40.7 Å². The number of carbonyl (C=O) groups excluding carboxylic acids is 4. The lowest BCUT2D eigenvalue weighted by Crippen LogP contribution is -2.49. The zero-order valence-electron chi connectivity index (χ0n) is 33.4. The lowest BCUT2D eigenvalue weighted by Gasteiger charge is -2.40. The summed E-state index contributed by atoms with van der Waals surface area (Å²) in [5, 5.41) is 27.5. The van der Waals surface area contributed by atoms with Crippen LogP contribution in [0.25, 0.3) is 5.65 Å². The summed E-state index contributed by atoms with van der Waals surface area (Å²) in [6.45, 7) is 5.96. The first kappa shape index (κ1) is 40.7. The Hall–Kier alpha value is -5.69. The van der Waals surface area contributed by atoms with E-state index in [1.54, 1.807) is 18.3 Å². The van der Waals surface area contributed by atoms with Crippen molar-refractivity contribution in [1.29, 1.82) is 0 Å². The third kappa shape index (κ3) is 8.36. The van der Waals surface area contributed by atoms with Crippen molar-refractivity contribution in [2.75, 3.05) is 55.6 Å². The van der Waals surface area contributed by atoms with E-state index in [0.717, 1.165) is 70.2 Å². The van der Waals surface area contributed by atoms with Crippen molar-refractivity contribution in [3.63, 3.8) is 0 Å². The molecule has 3 aliphatic heterocycles. The molecule has 1 saturated carbocycles. The second-order valence-electron chi connectivity index (χ2n) is 16.8. The molecule has 3 amide bonds. The summed E-state index contributed by atoms with van der Waals surface area (Å²) in [7, 11) is 0. The number of rotatable bonds is 9. The predicted octanol–water partition coefficient (Wildman–Crippen LogP) is 3.60. The molecule has 3 atom stereocenters. The minimum absolute atomic E-state index is 0.0274. The van der Waals surface area contributed by atoms with Crippen LogP contribution in [0.4, 0.5) is 24.7 Å². The number of pyridine rings is 1. The Morgan fingerprint density at radius 1 is 0.885 bits per heavy atom. The fourth-order valence-electron chi connectivity index (χ4n) is 9.68. The van der Waals surface area contributed by atoms with E-state index in [9.17, 15) is 37.5 Å². The number of nitrogens with zero attached hydrogens (tertiary/aromatic N) is 8. The van der Waals surface area contributed by atoms with Gasteiger partial charge in [0.05, 0.1) is 23.5 Å². The second-order valence-corrected chi connectivity index (χ2v) is 16.8. The van der Waals surface area contributed by atoms with Crippen LogP contribution in [0.3, 0.4) is 0 Å². The van der Waals surface area contributed by atoms with Gasteiger partial charge in [0.15, 0.2) is 11.4 Å². The maximum atomic E-state index is 13.5. The number of piperazine rings is 1. The highest BCUT2D eigenvalue weighted by Gasteiger charge is 2.49. The number of aliphatic hydroxyl groups excluding tert-OH is 1. The van der Waals surface area contributed by atoms with Crippen molar-refractivity contribution in [2.24, 2.45) is 17.8 Å². The second kappa shape index (κ2) is 16.6. The van der Waals surface area contributed by atoms with Crippen LogP contribution >= 0.6 is 0 Å². The Kier molecular flexibility index (Phi) is 11.1. The van der Waals surface area contributed by atoms with E-state index in [2.05, 4.69) is 45.6 Å². The normalized spacial score (nSPS) is 25.4. The van der Waals surface area contributed by atoms with Gasteiger partial charge in [-0.2, -0.15) is 17.7 Å². The molecular formula is C42H47F3N10O6. The van der Waals surface area contributed by atoms with E-state index >= 15 is 0 Å². The van der Waals surface area contributed by atoms with Crippen molar-refractivity contribution in [3.05, 3.63) is 71.2 Å². The number of carbonyl (C=O) groups is 4. The van der Waals surface area contributed by atoms with E-state index in [-0.39, 0.29) is 54.1 Å². The molecule has 4 aromatic rings. The smallest absolute Gasteiger partial charge is 0.453 e. The lowest BCUT2D eigenvalue weighted by atomic mass is 9.81. The molecule has 6 heterocycles. The fraction of sp³-hybridized carbons (Fsp3) is 0.524. The fourth-order valence-corrected chi connectivity index (χ4v) is 9.68. The molecule has 19 heteroatoms. The zero-order chi connectivity index (χ0) is 42.4. The van der Waals surface area contributed by atoms with E-state index < -0.39 is 35.8 Å². The SMILES string of the molecule is O=C1CCC(C2C(=O)c3cccc(N4CCC(CN5CCN(c6ccc(C(=O)N[C@H]7CC[C@H](Oc8ccc9nnc(C(F)(F)F)n9n8)CC7)cn6)CC5)CC4)c3C2O)C(=O)N1. The van der Waals surface area contributed by atoms with Crippen LogP contribution in [-0.4, -0.2) is 116 Å². The zero-order valence-corrected chi connectivity index (χ0v) is 33.4. The van der Waals surface area contributed by atoms with E-state index in [0.29, 0.717) is 52.8 Å². The van der Waals surface area contributed by atoms with Gasteiger partial charge in [-0.05, 0) is 75.1 Å². The highest BCUT2D eigenvalue weighted by Crippen LogP contribution is 2.47. The van der Waals surface area contributed by atoms with Gasteiger partial charge in [0, 0.05) is 87.4 Å². The summed E-state index contributed by atoms with van der Waals surface area (Å²) >= 11 is 0. The number of imide groups is 1. The van der Waals surface area contributed by atoms with Crippen LogP contribution in [0, 0.1) is 17.8 Å². The molecular weight excluding hydrogens is 798 g/mol. The predicted molar refractivity (Wildman–Crippen MR) is 213 cm³/mol. The van der Waals surface area contributed by atoms with E-state index in [1.165, 1.54) is 12.1 Å². The minimum atomic E-state index is -4.70. The van der Waals surface area contributed by atoms with Gasteiger partial charge < -0.3 is 25.0 Å². The summed E-state index contributed by atoms with van der Waals surface area (Å²) in [6.07, 6.45) is 0.385. The number of halogens is 3. The number of hydrogen-bond donors (Lipinski definition) is 3. The molecule has 0 radical (unpaired) electrons. The van der Waals surface area contributed by atoms with Crippen molar-refractivity contribution < 1.29 is 42.2 Å². The van der Waals surface area contributed by atoms with Gasteiger partial charge in [-0.3, -0.25) is 29.4 Å².